The molecule has 0 fully saturated rings. The molecule has 0 saturated heterocycles. The Kier molecular flexibility index (Phi) is 6.89. The SMILES string of the molecule is COCCOCC(C)(C)O[Si](C)(C)Cc1ccccc1. The first kappa shape index (κ1) is 17.4. The zero-order valence-electron chi connectivity index (χ0n) is 13.4. The highest BCUT2D eigenvalue weighted by Crippen LogP contribution is 2.21. The third kappa shape index (κ3) is 7.19. The predicted octanol–water partition coefficient (Wildman–Crippen LogP) is 3.43. The summed E-state index contributed by atoms with van der Waals surface area (Å²) in [7, 11) is -0.0779. The topological polar surface area (TPSA) is 27.7 Å². The minimum absolute atomic E-state index is 0.252. The lowest BCUT2D eigenvalue weighted by atomic mass is 10.2. The first-order chi connectivity index (χ1) is 9.35. The van der Waals surface area contributed by atoms with E-state index in [4.69, 9.17) is 13.9 Å². The molecule has 0 unspecified atom stereocenters. The van der Waals surface area contributed by atoms with Crippen LogP contribution >= 0.6 is 0 Å². The van der Waals surface area contributed by atoms with Crippen molar-refractivity contribution >= 4 is 8.32 Å². The molecule has 20 heavy (non-hydrogen) atoms. The summed E-state index contributed by atoms with van der Waals surface area (Å²) >= 11 is 0. The molecule has 1 aromatic rings. The fraction of sp³-hybridized carbons (Fsp3) is 0.625. The van der Waals surface area contributed by atoms with Crippen molar-refractivity contribution in [3.63, 3.8) is 0 Å². The van der Waals surface area contributed by atoms with Crippen molar-refractivity contribution in [2.45, 2.75) is 38.6 Å². The van der Waals surface area contributed by atoms with Gasteiger partial charge in [0.25, 0.3) is 0 Å². The minimum atomic E-state index is -1.76. The van der Waals surface area contributed by atoms with Crippen molar-refractivity contribution < 1.29 is 13.9 Å². The molecule has 0 aromatic heterocycles. The molecular formula is C16H28O3Si. The van der Waals surface area contributed by atoms with Gasteiger partial charge in [-0.2, -0.15) is 0 Å². The van der Waals surface area contributed by atoms with Gasteiger partial charge in [0.1, 0.15) is 0 Å². The van der Waals surface area contributed by atoms with E-state index in [0.717, 1.165) is 6.04 Å². The molecule has 0 aliphatic carbocycles. The second kappa shape index (κ2) is 7.93. The Bertz CT molecular complexity index is 377. The van der Waals surface area contributed by atoms with Crippen molar-refractivity contribution in [3.05, 3.63) is 35.9 Å². The zero-order chi connectivity index (χ0) is 15.1. The highest BCUT2D eigenvalue weighted by atomic mass is 28.4. The van der Waals surface area contributed by atoms with E-state index in [2.05, 4.69) is 51.2 Å². The van der Waals surface area contributed by atoms with Crippen molar-refractivity contribution in [2.75, 3.05) is 26.9 Å². The molecule has 0 amide bonds. The molecule has 0 N–H and O–H groups in total. The van der Waals surface area contributed by atoms with Crippen LogP contribution in [-0.4, -0.2) is 40.8 Å². The zero-order valence-corrected chi connectivity index (χ0v) is 14.4. The monoisotopic (exact) mass is 296 g/mol. The predicted molar refractivity (Wildman–Crippen MR) is 85.5 cm³/mol. The first-order valence-electron chi connectivity index (χ1n) is 7.15. The van der Waals surface area contributed by atoms with E-state index in [1.807, 2.05) is 6.07 Å². The molecule has 114 valence electrons. The molecule has 0 saturated carbocycles. The van der Waals surface area contributed by atoms with E-state index in [-0.39, 0.29) is 5.60 Å². The van der Waals surface area contributed by atoms with Crippen LogP contribution in [0.15, 0.2) is 30.3 Å². The summed E-state index contributed by atoms with van der Waals surface area (Å²) in [6.07, 6.45) is 0. The largest absolute Gasteiger partial charge is 0.410 e. The van der Waals surface area contributed by atoms with Crippen LogP contribution in [0.5, 0.6) is 0 Å². The summed E-state index contributed by atoms with van der Waals surface area (Å²) in [5.74, 6) is 0. The third-order valence-electron chi connectivity index (χ3n) is 2.91. The number of benzene rings is 1. The first-order valence-corrected chi connectivity index (χ1v) is 10.3. The summed E-state index contributed by atoms with van der Waals surface area (Å²) in [5.41, 5.74) is 1.10. The van der Waals surface area contributed by atoms with Gasteiger partial charge in [-0.1, -0.05) is 30.3 Å². The summed E-state index contributed by atoms with van der Waals surface area (Å²) in [4.78, 5) is 0. The standard InChI is InChI=1S/C16H28O3Si/c1-16(2,14-18-12-11-17-3)19-20(4,5)13-15-9-7-6-8-10-15/h6-10H,11-14H2,1-5H3. The van der Waals surface area contributed by atoms with Crippen molar-refractivity contribution in [2.24, 2.45) is 0 Å². The highest BCUT2D eigenvalue weighted by molar-refractivity contribution is 6.70. The summed E-state index contributed by atoms with van der Waals surface area (Å²) in [6.45, 7) is 10.6. The van der Waals surface area contributed by atoms with Gasteiger partial charge in [-0.25, -0.2) is 0 Å². The minimum Gasteiger partial charge on any atom is -0.410 e. The maximum absolute atomic E-state index is 6.38. The second-order valence-corrected chi connectivity index (χ2v) is 10.4. The molecule has 0 atom stereocenters. The van der Waals surface area contributed by atoms with Crippen molar-refractivity contribution in [1.29, 1.82) is 0 Å². The van der Waals surface area contributed by atoms with Crippen LogP contribution in [-0.2, 0) is 19.9 Å². The molecule has 0 radical (unpaired) electrons. The average Bonchev–Trinajstić information content (AvgIpc) is 2.34. The number of hydrogen-bond donors (Lipinski definition) is 0. The van der Waals surface area contributed by atoms with Gasteiger partial charge in [0.2, 0.25) is 0 Å². The van der Waals surface area contributed by atoms with Gasteiger partial charge in [0.15, 0.2) is 8.32 Å². The Labute approximate surface area is 124 Å². The maximum Gasteiger partial charge on any atom is 0.191 e. The third-order valence-corrected chi connectivity index (χ3v) is 5.27. The Hall–Kier alpha value is -0.683. The lowest BCUT2D eigenvalue weighted by Crippen LogP contribution is -2.45. The van der Waals surface area contributed by atoms with Gasteiger partial charge in [-0.15, -0.1) is 0 Å². The van der Waals surface area contributed by atoms with Gasteiger partial charge >= 0.3 is 0 Å². The van der Waals surface area contributed by atoms with Crippen molar-refractivity contribution in [1.82, 2.24) is 0 Å². The summed E-state index contributed by atoms with van der Waals surface area (Å²) in [5, 5.41) is 0. The Morgan fingerprint density at radius 3 is 2.30 bits per heavy atom. The van der Waals surface area contributed by atoms with Crippen molar-refractivity contribution in [3.8, 4) is 0 Å². The lowest BCUT2D eigenvalue weighted by Gasteiger charge is -2.35. The molecule has 0 aliphatic rings. The van der Waals surface area contributed by atoms with Gasteiger partial charge in [-0.05, 0) is 38.5 Å². The van der Waals surface area contributed by atoms with E-state index in [0.29, 0.717) is 19.8 Å². The number of methoxy groups -OCH3 is 1. The molecular weight excluding hydrogens is 268 g/mol. The summed E-state index contributed by atoms with van der Waals surface area (Å²) < 4.78 is 17.0. The summed E-state index contributed by atoms with van der Waals surface area (Å²) in [6, 6.07) is 11.6. The smallest absolute Gasteiger partial charge is 0.191 e. The Balaban J connectivity index is 2.47. The van der Waals surface area contributed by atoms with Gasteiger partial charge in [-0.3, -0.25) is 0 Å². The molecule has 4 heteroatoms. The molecule has 0 heterocycles. The van der Waals surface area contributed by atoms with Gasteiger partial charge < -0.3 is 13.9 Å². The van der Waals surface area contributed by atoms with Crippen LogP contribution < -0.4 is 0 Å². The fourth-order valence-electron chi connectivity index (χ4n) is 2.36. The number of rotatable bonds is 9. The van der Waals surface area contributed by atoms with E-state index in [1.165, 1.54) is 5.56 Å². The van der Waals surface area contributed by atoms with Crippen LogP contribution in [0.3, 0.4) is 0 Å². The molecule has 1 aromatic carbocycles. The Morgan fingerprint density at radius 1 is 1.05 bits per heavy atom. The number of ether oxygens (including phenoxy) is 2. The van der Waals surface area contributed by atoms with Crippen LogP contribution in [0, 0.1) is 0 Å². The van der Waals surface area contributed by atoms with E-state index < -0.39 is 8.32 Å². The second-order valence-electron chi connectivity index (χ2n) is 6.33. The molecule has 0 aliphatic heterocycles. The van der Waals surface area contributed by atoms with E-state index in [9.17, 15) is 0 Å². The molecule has 0 spiro atoms. The maximum atomic E-state index is 6.38. The molecule has 0 bridgehead atoms. The average molecular weight is 296 g/mol. The van der Waals surface area contributed by atoms with Crippen LogP contribution in [0.25, 0.3) is 0 Å². The quantitative estimate of drug-likeness (QED) is 0.516. The highest BCUT2D eigenvalue weighted by Gasteiger charge is 2.31. The van der Waals surface area contributed by atoms with Gasteiger partial charge in [0.05, 0.1) is 25.4 Å². The normalized spacial score (nSPS) is 12.7. The van der Waals surface area contributed by atoms with Crippen LogP contribution in [0.1, 0.15) is 19.4 Å². The van der Waals surface area contributed by atoms with E-state index in [1.54, 1.807) is 7.11 Å². The van der Waals surface area contributed by atoms with E-state index >= 15 is 0 Å². The molecule has 1 rings (SSSR count). The Morgan fingerprint density at radius 2 is 1.70 bits per heavy atom. The van der Waals surface area contributed by atoms with Crippen LogP contribution in [0.4, 0.5) is 0 Å². The molecule has 3 nitrogen and oxygen atoms in total. The van der Waals surface area contributed by atoms with Gasteiger partial charge in [0, 0.05) is 7.11 Å². The lowest BCUT2D eigenvalue weighted by molar-refractivity contribution is -0.0232. The fourth-order valence-corrected chi connectivity index (χ4v) is 5.21. The van der Waals surface area contributed by atoms with Crippen LogP contribution in [0.2, 0.25) is 13.1 Å². The number of hydrogen-bond acceptors (Lipinski definition) is 3.